The van der Waals surface area contributed by atoms with Gasteiger partial charge in [-0.25, -0.2) is 51.9 Å². The van der Waals surface area contributed by atoms with Gasteiger partial charge in [0.25, 0.3) is 11.5 Å². The molecule has 0 radical (unpaired) electrons. The second-order valence-corrected chi connectivity index (χ2v) is 23.0. The maximum absolute atomic E-state index is 14.4. The number of carbonyl (C=O) groups excluding carboxylic acids is 1. The molecule has 9 heterocycles. The van der Waals surface area contributed by atoms with Gasteiger partial charge in [0.05, 0.1) is 67.8 Å². The van der Waals surface area contributed by atoms with Crippen molar-refractivity contribution in [3.05, 3.63) is 198 Å². The topological polar surface area (TPSA) is 340 Å². The van der Waals surface area contributed by atoms with Gasteiger partial charge in [-0.2, -0.15) is 41.6 Å². The molecule has 37 heteroatoms. The Hall–Kier alpha value is -11.9. The van der Waals surface area contributed by atoms with Crippen molar-refractivity contribution in [1.29, 1.82) is 0 Å². The molecule has 0 aliphatic heterocycles. The smallest absolute Gasteiger partial charge is 0.389 e. The summed E-state index contributed by atoms with van der Waals surface area (Å²) in [6, 6.07) is 29.4. The molecule has 2 unspecified atom stereocenters. The third-order valence-corrected chi connectivity index (χ3v) is 14.7. The van der Waals surface area contributed by atoms with Gasteiger partial charge >= 0.3 is 12.4 Å². The Balaban J connectivity index is 0.000000164. The van der Waals surface area contributed by atoms with E-state index in [0.29, 0.717) is 63.5 Å². The van der Waals surface area contributed by atoms with E-state index in [-0.39, 0.29) is 72.5 Å². The minimum absolute atomic E-state index is 0.00153. The number of aliphatic hydroxyl groups is 3. The summed E-state index contributed by atoms with van der Waals surface area (Å²) >= 11 is 0. The van der Waals surface area contributed by atoms with Crippen LogP contribution >= 0.6 is 0 Å². The van der Waals surface area contributed by atoms with Gasteiger partial charge in [0.15, 0.2) is 46.3 Å². The molecule has 101 heavy (non-hydrogen) atoms. The highest BCUT2D eigenvalue weighted by Crippen LogP contribution is 2.35. The molecule has 2 atom stereocenters. The monoisotopic (exact) mass is 1410 g/mol. The number of rotatable bonds is 22. The van der Waals surface area contributed by atoms with Crippen molar-refractivity contribution >= 4 is 23.4 Å². The highest BCUT2D eigenvalue weighted by atomic mass is 19.4. The number of nitrogens with two attached hydrogens (primary N) is 1. The molecule has 0 aliphatic carbocycles. The molecule has 3 aromatic carbocycles. The second-order valence-electron chi connectivity index (χ2n) is 23.0. The zero-order valence-corrected chi connectivity index (χ0v) is 53.0. The standard InChI is InChI=1S/C22H19F5N6O2.C21H17F4N7O3.C21H20F2N6O2/c1-21(34,22(25,26)27)12-32(2)20-15(24)10-28-19(29-20)17-9-18(16-7-8-35-31-16)33(30-17)11-13-5-3-4-6-14(13)23;22-13-4-2-1-3-12(13)10-32-16(14-6-8-35-31-14)9-15(30-32)18-27-7-5-17(29-18)28-11-20(34,19(26)33)21(23,24)25;1-21(2,30)12-25-19-15(23)10-24-20(26-19)17-9-18(16-7-8-31-28-16)29(27-17)11-13-5-3-4-6-14(13)22/h3-10,34H,11-12H2,1-2H3;1-9,34H,10-11H2,(H2,26,33)(H,27,28,29);3-10,30H,11-12H2,1-2H3,(H,24,25,26). The van der Waals surface area contributed by atoms with Gasteiger partial charge in [0, 0.05) is 54.7 Å². The third-order valence-electron chi connectivity index (χ3n) is 14.7. The van der Waals surface area contributed by atoms with E-state index in [4.69, 9.17) is 19.3 Å². The maximum atomic E-state index is 14.4. The highest BCUT2D eigenvalue weighted by molar-refractivity contribution is 5.85. The van der Waals surface area contributed by atoms with Crippen LogP contribution in [0.2, 0.25) is 0 Å². The lowest BCUT2D eigenvalue weighted by Crippen LogP contribution is -2.59. The van der Waals surface area contributed by atoms with Gasteiger partial charge in [0.2, 0.25) is 0 Å². The van der Waals surface area contributed by atoms with Crippen LogP contribution in [0.5, 0.6) is 0 Å². The first kappa shape index (κ1) is 71.9. The minimum atomic E-state index is -5.31. The summed E-state index contributed by atoms with van der Waals surface area (Å²) in [6.45, 7) is 1.79. The number of halogens is 11. The number of nitrogens with zero attached hydrogens (tertiary/aromatic N) is 16. The van der Waals surface area contributed by atoms with Crippen LogP contribution in [0.15, 0.2) is 166 Å². The molecular weight excluding hydrogens is 1360 g/mol. The zero-order valence-electron chi connectivity index (χ0n) is 53.0. The van der Waals surface area contributed by atoms with Crippen LogP contribution < -0.4 is 21.3 Å². The lowest BCUT2D eigenvalue weighted by molar-refractivity contribution is -0.248. The van der Waals surface area contributed by atoms with Gasteiger partial charge in [-0.3, -0.25) is 18.8 Å². The molecular formula is C64H56F11N19O7. The molecule has 0 bridgehead atoms. The number of alkyl halides is 6. The van der Waals surface area contributed by atoms with E-state index in [2.05, 4.69) is 71.3 Å². The quantitative estimate of drug-likeness (QED) is 0.0344. The van der Waals surface area contributed by atoms with E-state index in [1.54, 1.807) is 103 Å². The zero-order chi connectivity index (χ0) is 72.6. The molecule has 526 valence electrons. The average Bonchev–Trinajstić information content (AvgIpc) is 1.73. The van der Waals surface area contributed by atoms with Crippen molar-refractivity contribution in [2.45, 2.75) is 69.6 Å². The molecule has 7 N–H and O–H groups in total. The summed E-state index contributed by atoms with van der Waals surface area (Å²) in [6.07, 6.45) is -3.08. The molecule has 9 aromatic heterocycles. The Kier molecular flexibility index (Phi) is 21.1. The second kappa shape index (κ2) is 29.7. The lowest BCUT2D eigenvalue weighted by Gasteiger charge is -2.31. The summed E-state index contributed by atoms with van der Waals surface area (Å²) in [5.41, 5.74) is 1.27. The van der Waals surface area contributed by atoms with Gasteiger partial charge in [-0.1, -0.05) is 70.1 Å². The van der Waals surface area contributed by atoms with E-state index < -0.39 is 77.2 Å². The molecule has 0 fully saturated rings. The van der Waals surface area contributed by atoms with Crippen LogP contribution in [0.1, 0.15) is 37.5 Å². The summed E-state index contributed by atoms with van der Waals surface area (Å²) < 4.78 is 169. The fourth-order valence-corrected chi connectivity index (χ4v) is 9.37. The number of likely N-dealkylation sites (N-methyl/N-ethyl adjacent to an activating group) is 1. The van der Waals surface area contributed by atoms with Crippen molar-refractivity contribution in [2.75, 3.05) is 42.2 Å². The Morgan fingerprint density at radius 3 is 1.32 bits per heavy atom. The number of amides is 1. The molecule has 0 saturated heterocycles. The highest BCUT2D eigenvalue weighted by Gasteiger charge is 2.58. The average molecular weight is 1410 g/mol. The first-order chi connectivity index (χ1) is 47.8. The number of anilines is 3. The van der Waals surface area contributed by atoms with Gasteiger partial charge in [-0.05, 0) is 63.2 Å². The number of benzene rings is 3. The minimum Gasteiger partial charge on any atom is -0.389 e. The van der Waals surface area contributed by atoms with Crippen molar-refractivity contribution in [3.8, 4) is 68.7 Å². The fraction of sp³-hybridized carbons (Fsp3) is 0.234. The van der Waals surface area contributed by atoms with Crippen molar-refractivity contribution < 1.29 is 82.0 Å². The SMILES string of the molecule is CC(C)(O)CNc1nc(-c2cc(-c3ccon3)n(Cc3ccccc3F)n2)ncc1F.CN(CC(C)(O)C(F)(F)F)c1nc(-c2cc(-c3ccon3)n(Cc3ccccc3F)n2)ncc1F.NC(=O)C(O)(CNc1ccnc(-c2cc(-c3ccon3)n(Cc3ccccc3F)n2)n1)C(F)(F)F. The Labute approximate surface area is 563 Å². The van der Waals surface area contributed by atoms with E-state index >= 15 is 0 Å². The number of carbonyl (C=O) groups is 1. The third kappa shape index (κ3) is 17.2. The normalized spacial score (nSPS) is 12.9. The van der Waals surface area contributed by atoms with E-state index in [0.717, 1.165) is 24.3 Å². The first-order valence-corrected chi connectivity index (χ1v) is 29.7. The summed E-state index contributed by atoms with van der Waals surface area (Å²) in [5.74, 6) is -5.45. The molecule has 0 aliphatic rings. The Morgan fingerprint density at radius 2 is 0.931 bits per heavy atom. The Morgan fingerprint density at radius 1 is 0.515 bits per heavy atom. The largest absolute Gasteiger partial charge is 0.428 e. The van der Waals surface area contributed by atoms with Gasteiger partial charge in [-0.15, -0.1) is 0 Å². The van der Waals surface area contributed by atoms with Crippen molar-refractivity contribution in [1.82, 2.24) is 74.7 Å². The van der Waals surface area contributed by atoms with Crippen LogP contribution in [0.4, 0.5) is 65.7 Å². The molecule has 0 spiro atoms. The van der Waals surface area contributed by atoms with E-state index in [9.17, 15) is 68.4 Å². The van der Waals surface area contributed by atoms with Gasteiger partial charge in [0.1, 0.15) is 76.2 Å². The number of hydrogen-bond donors (Lipinski definition) is 6. The van der Waals surface area contributed by atoms with Crippen LogP contribution in [0.3, 0.4) is 0 Å². The number of primary amides is 1. The van der Waals surface area contributed by atoms with Crippen LogP contribution in [0.25, 0.3) is 68.7 Å². The molecule has 1 amide bonds. The van der Waals surface area contributed by atoms with Crippen molar-refractivity contribution in [3.63, 3.8) is 0 Å². The number of aromatic nitrogens is 15. The molecule has 0 saturated carbocycles. The summed E-state index contributed by atoms with van der Waals surface area (Å²) in [7, 11) is 1.16. The lowest BCUT2D eigenvalue weighted by atomic mass is 10.0. The van der Waals surface area contributed by atoms with Crippen LogP contribution in [-0.4, -0.2) is 152 Å². The fourth-order valence-electron chi connectivity index (χ4n) is 9.37. The summed E-state index contributed by atoms with van der Waals surface area (Å²) in [4.78, 5) is 36.4. The predicted molar refractivity (Wildman–Crippen MR) is 336 cm³/mol. The van der Waals surface area contributed by atoms with E-state index in [1.165, 1.54) is 64.7 Å². The van der Waals surface area contributed by atoms with Gasteiger partial charge < -0.3 is 50.2 Å². The van der Waals surface area contributed by atoms with E-state index in [1.807, 2.05) is 0 Å². The maximum Gasteiger partial charge on any atom is 0.428 e. The molecule has 12 aromatic rings. The molecule has 12 rings (SSSR count). The predicted octanol–water partition coefficient (Wildman–Crippen LogP) is 9.95. The van der Waals surface area contributed by atoms with Crippen LogP contribution in [0, 0.1) is 29.1 Å². The number of nitrogens with one attached hydrogen (secondary N) is 2. The Bertz CT molecular complexity index is 4790. The first-order valence-electron chi connectivity index (χ1n) is 29.7. The summed E-state index contributed by atoms with van der Waals surface area (Å²) in [5, 5.41) is 59.3. The molecule has 26 nitrogen and oxygen atoms in total. The van der Waals surface area contributed by atoms with Crippen molar-refractivity contribution in [2.24, 2.45) is 5.73 Å². The number of hydrogen-bond acceptors (Lipinski definition) is 22. The van der Waals surface area contributed by atoms with Crippen LogP contribution in [-0.2, 0) is 24.4 Å².